The van der Waals surface area contributed by atoms with Gasteiger partial charge in [-0.3, -0.25) is 0 Å². The number of rotatable bonds is 3. The Morgan fingerprint density at radius 2 is 2.29 bits per heavy atom. The van der Waals surface area contributed by atoms with Crippen molar-refractivity contribution in [3.8, 4) is 0 Å². The van der Waals surface area contributed by atoms with E-state index in [-0.39, 0.29) is 0 Å². The Bertz CT molecular complexity index is 57.2. The van der Waals surface area contributed by atoms with E-state index in [1.165, 1.54) is 17.1 Å². The molecule has 0 unspecified atom stereocenters. The smallest absolute Gasteiger partial charge is 0.00262 e. The van der Waals surface area contributed by atoms with Crippen molar-refractivity contribution in [2.24, 2.45) is 0 Å². The molecule has 1 heteroatoms. The average molecular weight is 116 g/mol. The Kier molecular flexibility index (Phi) is 4.31. The minimum Gasteiger partial charge on any atom is -0.132 e. The van der Waals surface area contributed by atoms with Crippen molar-refractivity contribution in [2.45, 2.75) is 20.3 Å². The van der Waals surface area contributed by atoms with Gasteiger partial charge in [0.25, 0.3) is 0 Å². The first-order chi connectivity index (χ1) is 3.27. The molecule has 0 fully saturated rings. The maximum atomic E-state index is 3.76. The number of allylic oxidation sites excluding steroid dienone is 1. The van der Waals surface area contributed by atoms with Crippen LogP contribution in [-0.4, -0.2) is 5.75 Å². The summed E-state index contributed by atoms with van der Waals surface area (Å²) in [5.41, 5.74) is 0. The molecule has 0 bridgehead atoms. The number of thioether (sulfide) groups is 1. The highest BCUT2D eigenvalue weighted by Crippen LogP contribution is 2.11. The van der Waals surface area contributed by atoms with Crippen LogP contribution < -0.4 is 0 Å². The summed E-state index contributed by atoms with van der Waals surface area (Å²) in [4.78, 5) is 1.22. The molecule has 0 amide bonds. The molecule has 0 spiro atoms. The van der Waals surface area contributed by atoms with Crippen LogP contribution in [0.25, 0.3) is 0 Å². The van der Waals surface area contributed by atoms with Crippen molar-refractivity contribution < 1.29 is 0 Å². The van der Waals surface area contributed by atoms with Gasteiger partial charge in [0.15, 0.2) is 0 Å². The third kappa shape index (κ3) is 6.09. The maximum Gasteiger partial charge on any atom is -0.00262 e. The van der Waals surface area contributed by atoms with Crippen LogP contribution in [0.15, 0.2) is 11.5 Å². The molecule has 42 valence electrons. The molecule has 0 radical (unpaired) electrons. The van der Waals surface area contributed by atoms with Crippen LogP contribution in [0.1, 0.15) is 20.3 Å². The SMILES string of the molecule is C=C(C)SCCC. The van der Waals surface area contributed by atoms with Crippen molar-refractivity contribution in [3.05, 3.63) is 11.5 Å². The van der Waals surface area contributed by atoms with E-state index in [2.05, 4.69) is 13.5 Å². The van der Waals surface area contributed by atoms with E-state index < -0.39 is 0 Å². The monoisotopic (exact) mass is 116 g/mol. The Balaban J connectivity index is 2.82. The van der Waals surface area contributed by atoms with Gasteiger partial charge in [-0.2, -0.15) is 0 Å². The standard InChI is InChI=1S/C6H12S/c1-4-5-7-6(2)3/h2,4-5H2,1,3H3. The van der Waals surface area contributed by atoms with Gasteiger partial charge >= 0.3 is 0 Å². The van der Waals surface area contributed by atoms with Gasteiger partial charge in [0.2, 0.25) is 0 Å². The average Bonchev–Trinajstić information content (AvgIpc) is 1.61. The minimum atomic E-state index is 1.22. The summed E-state index contributed by atoms with van der Waals surface area (Å²) in [5.74, 6) is 1.22. The van der Waals surface area contributed by atoms with Crippen LogP contribution in [0.2, 0.25) is 0 Å². The normalized spacial score (nSPS) is 8.86. The zero-order chi connectivity index (χ0) is 5.70. The summed E-state index contributed by atoms with van der Waals surface area (Å²) >= 11 is 1.84. The lowest BCUT2D eigenvalue weighted by Crippen LogP contribution is -1.70. The fourth-order valence-electron chi connectivity index (χ4n) is 0.276. The highest BCUT2D eigenvalue weighted by Gasteiger charge is 1.81. The molecule has 0 N–H and O–H groups in total. The predicted molar refractivity (Wildman–Crippen MR) is 37.6 cm³/mol. The Morgan fingerprint density at radius 3 is 2.43 bits per heavy atom. The van der Waals surface area contributed by atoms with Crippen LogP contribution in [0.5, 0.6) is 0 Å². The van der Waals surface area contributed by atoms with Gasteiger partial charge in [-0.1, -0.05) is 13.5 Å². The van der Waals surface area contributed by atoms with E-state index in [1.54, 1.807) is 0 Å². The third-order valence-electron chi connectivity index (χ3n) is 0.553. The third-order valence-corrected chi connectivity index (χ3v) is 1.66. The summed E-state index contributed by atoms with van der Waals surface area (Å²) in [6.07, 6.45) is 1.25. The lowest BCUT2D eigenvalue weighted by molar-refractivity contribution is 1.11. The number of hydrogen-bond acceptors (Lipinski definition) is 1. The second-order valence-corrected chi connectivity index (χ2v) is 2.94. The second-order valence-electron chi connectivity index (χ2n) is 1.55. The summed E-state index contributed by atoms with van der Waals surface area (Å²) in [7, 11) is 0. The highest BCUT2D eigenvalue weighted by atomic mass is 32.2. The van der Waals surface area contributed by atoms with E-state index in [4.69, 9.17) is 0 Å². The molecule has 0 saturated carbocycles. The quantitative estimate of drug-likeness (QED) is 0.546. The lowest BCUT2D eigenvalue weighted by Gasteiger charge is -1.91. The van der Waals surface area contributed by atoms with E-state index in [0.29, 0.717) is 0 Å². The molecule has 7 heavy (non-hydrogen) atoms. The molecule has 0 aliphatic carbocycles. The molecular formula is C6H12S. The van der Waals surface area contributed by atoms with Crippen LogP contribution >= 0.6 is 11.8 Å². The molecule has 0 aromatic carbocycles. The van der Waals surface area contributed by atoms with Gasteiger partial charge < -0.3 is 0 Å². The Morgan fingerprint density at radius 1 is 1.71 bits per heavy atom. The zero-order valence-electron chi connectivity index (χ0n) is 5.03. The molecule has 0 atom stereocenters. The van der Waals surface area contributed by atoms with Crippen molar-refractivity contribution in [1.82, 2.24) is 0 Å². The van der Waals surface area contributed by atoms with Gasteiger partial charge in [0.05, 0.1) is 0 Å². The highest BCUT2D eigenvalue weighted by molar-refractivity contribution is 8.03. The van der Waals surface area contributed by atoms with Crippen LogP contribution in [0, 0.1) is 0 Å². The van der Waals surface area contributed by atoms with Crippen LogP contribution in [-0.2, 0) is 0 Å². The van der Waals surface area contributed by atoms with E-state index in [1.807, 2.05) is 18.7 Å². The van der Waals surface area contributed by atoms with Crippen molar-refractivity contribution in [2.75, 3.05) is 5.75 Å². The van der Waals surface area contributed by atoms with Gasteiger partial charge in [-0.05, 0) is 24.0 Å². The van der Waals surface area contributed by atoms with E-state index in [9.17, 15) is 0 Å². The summed E-state index contributed by atoms with van der Waals surface area (Å²) < 4.78 is 0. The van der Waals surface area contributed by atoms with Crippen LogP contribution in [0.3, 0.4) is 0 Å². The molecule has 0 aliphatic rings. The first-order valence-corrected chi connectivity index (χ1v) is 3.54. The molecule has 0 saturated heterocycles. The van der Waals surface area contributed by atoms with E-state index >= 15 is 0 Å². The van der Waals surface area contributed by atoms with Gasteiger partial charge in [-0.15, -0.1) is 11.8 Å². The lowest BCUT2D eigenvalue weighted by atomic mass is 10.6. The largest absolute Gasteiger partial charge is 0.132 e. The van der Waals surface area contributed by atoms with Crippen molar-refractivity contribution in [3.63, 3.8) is 0 Å². The molecule has 0 heterocycles. The summed E-state index contributed by atoms with van der Waals surface area (Å²) in [6.45, 7) is 7.97. The first kappa shape index (κ1) is 7.09. The van der Waals surface area contributed by atoms with Gasteiger partial charge in [0.1, 0.15) is 0 Å². The molecule has 0 nitrogen and oxygen atoms in total. The fourth-order valence-corrected chi connectivity index (χ4v) is 0.829. The Hall–Kier alpha value is 0.0900. The maximum absolute atomic E-state index is 3.76. The Labute approximate surface area is 50.0 Å². The van der Waals surface area contributed by atoms with Crippen molar-refractivity contribution in [1.29, 1.82) is 0 Å². The van der Waals surface area contributed by atoms with Crippen molar-refractivity contribution >= 4 is 11.8 Å². The molecule has 0 rings (SSSR count). The first-order valence-electron chi connectivity index (χ1n) is 2.55. The zero-order valence-corrected chi connectivity index (χ0v) is 5.85. The summed E-state index contributed by atoms with van der Waals surface area (Å²) in [6, 6.07) is 0. The van der Waals surface area contributed by atoms with Gasteiger partial charge in [0, 0.05) is 0 Å². The second kappa shape index (κ2) is 4.25. The molecular weight excluding hydrogens is 104 g/mol. The minimum absolute atomic E-state index is 1.22. The van der Waals surface area contributed by atoms with Gasteiger partial charge in [-0.25, -0.2) is 0 Å². The molecule has 0 aromatic rings. The van der Waals surface area contributed by atoms with Crippen LogP contribution in [0.4, 0.5) is 0 Å². The topological polar surface area (TPSA) is 0 Å². The predicted octanol–water partition coefficient (Wildman–Crippen LogP) is 2.66. The van der Waals surface area contributed by atoms with E-state index in [0.717, 1.165) is 0 Å². The molecule has 0 aromatic heterocycles. The fraction of sp³-hybridized carbons (Fsp3) is 0.667. The summed E-state index contributed by atoms with van der Waals surface area (Å²) in [5, 5.41) is 0. The molecule has 0 aliphatic heterocycles. The number of hydrogen-bond donors (Lipinski definition) is 0.